The van der Waals surface area contributed by atoms with E-state index in [9.17, 15) is 22.8 Å². The summed E-state index contributed by atoms with van der Waals surface area (Å²) in [5.41, 5.74) is 11.9. The third-order valence-electron chi connectivity index (χ3n) is 6.52. The molecule has 0 aromatic carbocycles. The van der Waals surface area contributed by atoms with Gasteiger partial charge in [0.25, 0.3) is 11.8 Å². The minimum atomic E-state index is -4.55. The van der Waals surface area contributed by atoms with Crippen LogP contribution in [0.5, 0.6) is 6.01 Å². The lowest BCUT2D eigenvalue weighted by atomic mass is 9.92. The number of nitrogens with two attached hydrogens (primary N) is 2. The molecule has 2 aromatic rings. The minimum absolute atomic E-state index is 0.0277. The number of hydrogen-bond acceptors (Lipinski definition) is 9. The third-order valence-corrected chi connectivity index (χ3v) is 6.52. The Morgan fingerprint density at radius 3 is 2.55 bits per heavy atom. The number of primary amides is 1. The van der Waals surface area contributed by atoms with Gasteiger partial charge in [-0.05, 0) is 37.8 Å². The third kappa shape index (κ3) is 6.79. The predicted molar refractivity (Wildman–Crippen MR) is 131 cm³/mol. The van der Waals surface area contributed by atoms with E-state index in [1.165, 1.54) is 6.07 Å². The summed E-state index contributed by atoms with van der Waals surface area (Å²) >= 11 is 0. The fourth-order valence-corrected chi connectivity index (χ4v) is 4.54. The van der Waals surface area contributed by atoms with Crippen LogP contribution < -0.4 is 21.1 Å². The normalized spacial score (nSPS) is 18.4. The molecule has 4 heterocycles. The highest BCUT2D eigenvalue weighted by Gasteiger charge is 2.33. The van der Waals surface area contributed by atoms with E-state index in [1.807, 2.05) is 4.90 Å². The first kappa shape index (κ1) is 27.4. The van der Waals surface area contributed by atoms with Crippen LogP contribution in [0.25, 0.3) is 0 Å². The van der Waals surface area contributed by atoms with Crippen molar-refractivity contribution in [2.24, 2.45) is 5.73 Å². The van der Waals surface area contributed by atoms with E-state index >= 15 is 0 Å². The Morgan fingerprint density at radius 1 is 1.18 bits per heavy atom. The molecule has 2 saturated heterocycles. The van der Waals surface area contributed by atoms with Gasteiger partial charge in [0, 0.05) is 44.4 Å². The summed E-state index contributed by atoms with van der Waals surface area (Å²) in [6, 6.07) is 4.64. The Labute approximate surface area is 217 Å². The van der Waals surface area contributed by atoms with E-state index in [4.69, 9.17) is 20.9 Å². The second kappa shape index (κ2) is 11.4. The molecule has 0 radical (unpaired) electrons. The number of halogens is 3. The Hall–Kier alpha value is -3.68. The van der Waals surface area contributed by atoms with Crippen molar-refractivity contribution in [3.63, 3.8) is 0 Å². The number of anilines is 2. The minimum Gasteiger partial charge on any atom is -0.461 e. The van der Waals surface area contributed by atoms with Crippen LogP contribution in [0.15, 0.2) is 18.2 Å². The van der Waals surface area contributed by atoms with Gasteiger partial charge in [-0.15, -0.1) is 0 Å². The summed E-state index contributed by atoms with van der Waals surface area (Å²) in [7, 11) is 1.07. The lowest BCUT2D eigenvalue weighted by Gasteiger charge is -2.33. The van der Waals surface area contributed by atoms with Crippen molar-refractivity contribution in [2.75, 3.05) is 50.5 Å². The van der Waals surface area contributed by atoms with Crippen LogP contribution >= 0.6 is 0 Å². The molecule has 2 fully saturated rings. The summed E-state index contributed by atoms with van der Waals surface area (Å²) in [6.45, 7) is 0.403. The molecule has 38 heavy (non-hydrogen) atoms. The molecule has 2 amide bonds. The molecule has 0 saturated carbocycles. The quantitative estimate of drug-likeness (QED) is 0.516. The maximum atomic E-state index is 12.9. The number of hydrogen-bond donors (Lipinski definition) is 2. The molecule has 0 spiro atoms. The molecule has 14 heteroatoms. The molecule has 2 aliphatic rings. The number of rotatable bonds is 8. The van der Waals surface area contributed by atoms with E-state index in [0.29, 0.717) is 48.9 Å². The lowest BCUT2D eigenvalue weighted by molar-refractivity contribution is -0.138. The Balaban J connectivity index is 1.52. The Morgan fingerprint density at radius 2 is 1.92 bits per heavy atom. The number of aromatic nitrogens is 3. The zero-order valence-electron chi connectivity index (χ0n) is 20.9. The number of carbonyl (C=O) groups excluding carboxylic acids is 2. The van der Waals surface area contributed by atoms with Gasteiger partial charge >= 0.3 is 12.2 Å². The first-order valence-electron chi connectivity index (χ1n) is 12.3. The van der Waals surface area contributed by atoms with E-state index in [1.54, 1.807) is 12.1 Å². The summed E-state index contributed by atoms with van der Waals surface area (Å²) in [5.74, 6) is -1.20. The molecule has 4 N–H and O–H groups in total. The van der Waals surface area contributed by atoms with Crippen molar-refractivity contribution in [2.45, 2.75) is 43.9 Å². The molecule has 206 valence electrons. The standard InChI is InChI=1S/C24H30F3N7O4/c1-33(13-24(25,26)27)22(36)18-11-19(32-23(31-18)38-12-15-3-2-10-37-15)34-8-6-14(7-9-34)17-5-4-16(28)20(30-17)21(29)35/h4-5,11,14-15H,2-3,6-10,12-13,28H2,1H3,(H2,29,35)/t15-/m1/s1. The van der Waals surface area contributed by atoms with E-state index in [-0.39, 0.29) is 41.7 Å². The van der Waals surface area contributed by atoms with Crippen LogP contribution in [0.2, 0.25) is 0 Å². The number of ether oxygens (including phenoxy) is 2. The van der Waals surface area contributed by atoms with Crippen LogP contribution in [0.3, 0.4) is 0 Å². The smallest absolute Gasteiger partial charge is 0.406 e. The van der Waals surface area contributed by atoms with Gasteiger partial charge < -0.3 is 30.7 Å². The molecule has 4 rings (SSSR count). The van der Waals surface area contributed by atoms with Gasteiger partial charge in [-0.3, -0.25) is 9.59 Å². The highest BCUT2D eigenvalue weighted by atomic mass is 19.4. The molecule has 11 nitrogen and oxygen atoms in total. The van der Waals surface area contributed by atoms with Crippen molar-refractivity contribution in [1.29, 1.82) is 0 Å². The largest absolute Gasteiger partial charge is 0.461 e. The number of alkyl halides is 3. The molecular formula is C24H30F3N7O4. The Bertz CT molecular complexity index is 1170. The monoisotopic (exact) mass is 537 g/mol. The molecule has 0 unspecified atom stereocenters. The van der Waals surface area contributed by atoms with Gasteiger partial charge in [0.15, 0.2) is 5.69 Å². The van der Waals surface area contributed by atoms with Crippen molar-refractivity contribution >= 4 is 23.3 Å². The van der Waals surface area contributed by atoms with E-state index in [2.05, 4.69) is 15.0 Å². The molecule has 0 bridgehead atoms. The molecule has 1 atom stereocenters. The number of nitrogen functional groups attached to an aromatic ring is 1. The topological polar surface area (TPSA) is 150 Å². The summed E-state index contributed by atoms with van der Waals surface area (Å²) < 4.78 is 49.9. The average molecular weight is 538 g/mol. The number of nitrogens with zero attached hydrogens (tertiary/aromatic N) is 5. The average Bonchev–Trinajstić information content (AvgIpc) is 3.40. The van der Waals surface area contributed by atoms with Gasteiger partial charge in [0.2, 0.25) is 0 Å². The predicted octanol–water partition coefficient (Wildman–Crippen LogP) is 2.13. The second-order valence-corrected chi connectivity index (χ2v) is 9.42. The Kier molecular flexibility index (Phi) is 8.19. The van der Waals surface area contributed by atoms with Crippen LogP contribution in [0, 0.1) is 0 Å². The fourth-order valence-electron chi connectivity index (χ4n) is 4.54. The van der Waals surface area contributed by atoms with Crippen LogP contribution in [0.1, 0.15) is 58.3 Å². The van der Waals surface area contributed by atoms with Gasteiger partial charge in [-0.25, -0.2) is 4.98 Å². The number of pyridine rings is 1. The van der Waals surface area contributed by atoms with Crippen molar-refractivity contribution in [3.05, 3.63) is 35.3 Å². The van der Waals surface area contributed by atoms with Gasteiger partial charge in [-0.2, -0.15) is 23.1 Å². The maximum Gasteiger partial charge on any atom is 0.406 e. The molecule has 0 aliphatic carbocycles. The maximum absolute atomic E-state index is 12.9. The van der Waals surface area contributed by atoms with Gasteiger partial charge in [0.1, 0.15) is 24.7 Å². The van der Waals surface area contributed by atoms with Crippen molar-refractivity contribution in [3.8, 4) is 6.01 Å². The van der Waals surface area contributed by atoms with Crippen molar-refractivity contribution in [1.82, 2.24) is 19.9 Å². The van der Waals surface area contributed by atoms with Crippen LogP contribution in [-0.2, 0) is 4.74 Å². The summed E-state index contributed by atoms with van der Waals surface area (Å²) in [5, 5.41) is 0. The number of amides is 2. The van der Waals surface area contributed by atoms with Crippen molar-refractivity contribution < 1.29 is 32.2 Å². The van der Waals surface area contributed by atoms with E-state index in [0.717, 1.165) is 19.9 Å². The fraction of sp³-hybridized carbons (Fsp3) is 0.542. The SMILES string of the molecule is CN(CC(F)(F)F)C(=O)c1cc(N2CCC(c3ccc(N)c(C(N)=O)n3)CC2)nc(OC[C@H]2CCCO2)n1. The molecule has 2 aromatic heterocycles. The lowest BCUT2D eigenvalue weighted by Crippen LogP contribution is -2.37. The second-order valence-electron chi connectivity index (χ2n) is 9.42. The highest BCUT2D eigenvalue weighted by Crippen LogP contribution is 2.31. The highest BCUT2D eigenvalue weighted by molar-refractivity contribution is 5.95. The summed E-state index contributed by atoms with van der Waals surface area (Å²) in [4.78, 5) is 39.8. The van der Waals surface area contributed by atoms with Gasteiger partial charge in [0.05, 0.1) is 11.8 Å². The van der Waals surface area contributed by atoms with E-state index < -0.39 is 24.5 Å². The zero-order chi connectivity index (χ0) is 27.4. The number of carbonyl (C=O) groups is 2. The molecule has 2 aliphatic heterocycles. The summed E-state index contributed by atoms with van der Waals surface area (Å²) in [6.07, 6.45) is -1.69. The first-order valence-corrected chi connectivity index (χ1v) is 12.3. The van der Waals surface area contributed by atoms with Crippen LogP contribution in [0.4, 0.5) is 24.7 Å². The van der Waals surface area contributed by atoms with Gasteiger partial charge in [-0.1, -0.05) is 0 Å². The van der Waals surface area contributed by atoms with Crippen LogP contribution in [-0.4, -0.2) is 83.8 Å². The first-order chi connectivity index (χ1) is 18.0. The number of piperidine rings is 1. The zero-order valence-corrected chi connectivity index (χ0v) is 20.9. The molecular weight excluding hydrogens is 507 g/mol.